The number of hydrogen-bond donors (Lipinski definition) is 0. The fraction of sp³-hybridized carbons (Fsp3) is 0.538. The van der Waals surface area contributed by atoms with Crippen LogP contribution >= 0.6 is 0 Å². The number of carbonyl (C=O) groups is 1. The Bertz CT molecular complexity index is 577. The van der Waals surface area contributed by atoms with Crippen molar-refractivity contribution in [3.63, 3.8) is 0 Å². The third kappa shape index (κ3) is 3.66. The summed E-state index contributed by atoms with van der Waals surface area (Å²) in [4.78, 5) is 34.0. The fourth-order valence-electron chi connectivity index (χ4n) is 1.60. The molecule has 0 aliphatic heterocycles. The second-order valence-corrected chi connectivity index (χ2v) is 5.05. The second kappa shape index (κ2) is 6.31. The lowest BCUT2D eigenvalue weighted by molar-refractivity contribution is -0.385. The van der Waals surface area contributed by atoms with Gasteiger partial charge in [-0.25, -0.2) is 4.79 Å². The van der Waals surface area contributed by atoms with Crippen molar-refractivity contribution in [3.05, 3.63) is 38.3 Å². The molecule has 0 saturated heterocycles. The minimum atomic E-state index is -0.903. The molecular weight excluding hydrogens is 264 g/mol. The molecule has 0 aromatic carbocycles. The maximum Gasteiger partial charge on any atom is 0.328 e. The first kappa shape index (κ1) is 15.9. The number of esters is 1. The number of aryl methyl sites for hydroxylation is 1. The smallest absolute Gasteiger partial charge is 0.328 e. The van der Waals surface area contributed by atoms with Crippen LogP contribution in [0.3, 0.4) is 0 Å². The van der Waals surface area contributed by atoms with Gasteiger partial charge < -0.3 is 4.74 Å². The predicted octanol–water partition coefficient (Wildman–Crippen LogP) is 1.83. The van der Waals surface area contributed by atoms with E-state index in [0.29, 0.717) is 0 Å². The highest BCUT2D eigenvalue weighted by atomic mass is 16.6. The van der Waals surface area contributed by atoms with Crippen molar-refractivity contribution >= 4 is 11.7 Å². The van der Waals surface area contributed by atoms with E-state index in [1.54, 1.807) is 0 Å². The van der Waals surface area contributed by atoms with Crippen molar-refractivity contribution < 1.29 is 14.5 Å². The van der Waals surface area contributed by atoms with Crippen LogP contribution < -0.4 is 5.56 Å². The van der Waals surface area contributed by atoms with Crippen molar-refractivity contribution in [2.75, 3.05) is 6.61 Å². The highest BCUT2D eigenvalue weighted by molar-refractivity contribution is 5.73. The minimum Gasteiger partial charge on any atom is -0.464 e. The summed E-state index contributed by atoms with van der Waals surface area (Å²) in [6.45, 7) is 6.97. The fourth-order valence-corrected chi connectivity index (χ4v) is 1.60. The SMILES string of the molecule is Cc1cc([N+](=O)[O-])cn(C(C)C(=O)OCC(C)C)c1=O. The minimum absolute atomic E-state index is 0.176. The van der Waals surface area contributed by atoms with Crippen LogP contribution in [0, 0.1) is 23.0 Å². The molecule has 0 N–H and O–H groups in total. The number of nitro groups is 1. The van der Waals surface area contributed by atoms with E-state index in [9.17, 15) is 19.7 Å². The van der Waals surface area contributed by atoms with Gasteiger partial charge in [0.15, 0.2) is 0 Å². The Kier molecular flexibility index (Phi) is 5.01. The average molecular weight is 282 g/mol. The average Bonchev–Trinajstić information content (AvgIpc) is 2.37. The topological polar surface area (TPSA) is 91.4 Å². The van der Waals surface area contributed by atoms with Crippen molar-refractivity contribution in [1.82, 2.24) is 4.57 Å². The largest absolute Gasteiger partial charge is 0.464 e. The Labute approximate surface area is 116 Å². The maximum atomic E-state index is 12.0. The number of nitrogens with zero attached hydrogens (tertiary/aromatic N) is 2. The summed E-state index contributed by atoms with van der Waals surface area (Å²) < 4.78 is 6.08. The summed E-state index contributed by atoms with van der Waals surface area (Å²) in [7, 11) is 0. The summed E-state index contributed by atoms with van der Waals surface area (Å²) in [6.07, 6.45) is 1.07. The van der Waals surface area contributed by atoms with Gasteiger partial charge >= 0.3 is 5.97 Å². The van der Waals surface area contributed by atoms with Gasteiger partial charge in [-0.2, -0.15) is 0 Å². The van der Waals surface area contributed by atoms with Gasteiger partial charge in [0, 0.05) is 11.6 Å². The lowest BCUT2D eigenvalue weighted by atomic mass is 10.2. The van der Waals surface area contributed by atoms with Gasteiger partial charge in [0.25, 0.3) is 11.2 Å². The standard InChI is InChI=1S/C13H18N2O5/c1-8(2)7-20-13(17)10(4)14-6-11(15(18)19)5-9(3)12(14)16/h5-6,8,10H,7H2,1-4H3. The van der Waals surface area contributed by atoms with E-state index in [1.807, 2.05) is 13.8 Å². The molecule has 0 aliphatic carbocycles. The maximum absolute atomic E-state index is 12.0. The molecule has 1 heterocycles. The summed E-state index contributed by atoms with van der Waals surface area (Å²) in [5.41, 5.74) is -0.460. The van der Waals surface area contributed by atoms with Crippen LogP contribution in [0.1, 0.15) is 32.4 Å². The number of rotatable bonds is 5. The lowest BCUT2D eigenvalue weighted by Crippen LogP contribution is -2.31. The predicted molar refractivity (Wildman–Crippen MR) is 72.6 cm³/mol. The first-order valence-electron chi connectivity index (χ1n) is 6.27. The van der Waals surface area contributed by atoms with Crippen LogP contribution in [-0.2, 0) is 9.53 Å². The normalized spacial score (nSPS) is 12.2. The third-order valence-electron chi connectivity index (χ3n) is 2.74. The second-order valence-electron chi connectivity index (χ2n) is 5.05. The van der Waals surface area contributed by atoms with E-state index < -0.39 is 22.5 Å². The van der Waals surface area contributed by atoms with E-state index >= 15 is 0 Å². The van der Waals surface area contributed by atoms with Gasteiger partial charge in [-0.1, -0.05) is 13.8 Å². The molecule has 1 rings (SSSR count). The van der Waals surface area contributed by atoms with Crippen molar-refractivity contribution in [2.45, 2.75) is 33.7 Å². The van der Waals surface area contributed by atoms with Crippen LogP contribution in [0.2, 0.25) is 0 Å². The molecule has 0 spiro atoms. The zero-order chi connectivity index (χ0) is 15.4. The molecule has 1 unspecified atom stereocenters. The van der Waals surface area contributed by atoms with Gasteiger partial charge in [-0.05, 0) is 19.8 Å². The van der Waals surface area contributed by atoms with Gasteiger partial charge in [-0.3, -0.25) is 19.5 Å². The molecule has 0 aliphatic rings. The van der Waals surface area contributed by atoms with Crippen LogP contribution in [0.15, 0.2) is 17.1 Å². The molecule has 1 aromatic heterocycles. The highest BCUT2D eigenvalue weighted by Gasteiger charge is 2.21. The zero-order valence-electron chi connectivity index (χ0n) is 12.0. The Hall–Kier alpha value is -2.18. The number of aromatic nitrogens is 1. The number of carbonyl (C=O) groups excluding carboxylic acids is 1. The molecule has 1 aromatic rings. The molecule has 0 fully saturated rings. The Balaban J connectivity index is 3.09. The van der Waals surface area contributed by atoms with E-state index in [4.69, 9.17) is 4.74 Å². The van der Waals surface area contributed by atoms with Crippen LogP contribution in [0.25, 0.3) is 0 Å². The van der Waals surface area contributed by atoms with Crippen molar-refractivity contribution in [3.8, 4) is 0 Å². The molecule has 0 saturated carbocycles. The van der Waals surface area contributed by atoms with E-state index in [0.717, 1.165) is 10.8 Å². The van der Waals surface area contributed by atoms with Gasteiger partial charge in [0.2, 0.25) is 0 Å². The Morgan fingerprint density at radius 1 is 1.45 bits per heavy atom. The van der Waals surface area contributed by atoms with Crippen molar-refractivity contribution in [2.24, 2.45) is 5.92 Å². The van der Waals surface area contributed by atoms with Gasteiger partial charge in [0.05, 0.1) is 17.7 Å². The summed E-state index contributed by atoms with van der Waals surface area (Å²) in [6, 6.07) is 0.283. The number of pyridine rings is 1. The molecule has 0 bridgehead atoms. The molecule has 1 atom stereocenters. The third-order valence-corrected chi connectivity index (χ3v) is 2.74. The number of ether oxygens (including phenoxy) is 1. The summed E-state index contributed by atoms with van der Waals surface area (Å²) in [5, 5.41) is 10.8. The van der Waals surface area contributed by atoms with Crippen molar-refractivity contribution in [1.29, 1.82) is 0 Å². The molecule has 110 valence electrons. The van der Waals surface area contributed by atoms with E-state index in [2.05, 4.69) is 0 Å². The molecule has 20 heavy (non-hydrogen) atoms. The zero-order valence-corrected chi connectivity index (χ0v) is 12.0. The van der Waals surface area contributed by atoms with E-state index in [-0.39, 0.29) is 23.8 Å². The summed E-state index contributed by atoms with van der Waals surface area (Å²) >= 11 is 0. The molecule has 0 amide bonds. The molecular formula is C13H18N2O5. The Morgan fingerprint density at radius 2 is 2.05 bits per heavy atom. The van der Waals surface area contributed by atoms with E-state index in [1.165, 1.54) is 19.9 Å². The number of hydrogen-bond acceptors (Lipinski definition) is 5. The van der Waals surface area contributed by atoms with Gasteiger partial charge in [-0.15, -0.1) is 0 Å². The summed E-state index contributed by atoms with van der Waals surface area (Å²) in [5.74, 6) is -0.407. The quantitative estimate of drug-likeness (QED) is 0.466. The van der Waals surface area contributed by atoms with Crippen LogP contribution in [0.5, 0.6) is 0 Å². The lowest BCUT2D eigenvalue weighted by Gasteiger charge is -2.15. The first-order chi connectivity index (χ1) is 9.23. The van der Waals surface area contributed by atoms with Gasteiger partial charge in [0.1, 0.15) is 6.04 Å². The molecule has 7 heteroatoms. The first-order valence-corrected chi connectivity index (χ1v) is 6.27. The Morgan fingerprint density at radius 3 is 2.55 bits per heavy atom. The van der Waals surface area contributed by atoms with Crippen LogP contribution in [-0.4, -0.2) is 22.1 Å². The highest BCUT2D eigenvalue weighted by Crippen LogP contribution is 2.14. The van der Waals surface area contributed by atoms with Crippen LogP contribution in [0.4, 0.5) is 5.69 Å². The molecule has 7 nitrogen and oxygen atoms in total. The monoisotopic (exact) mass is 282 g/mol. The molecule has 0 radical (unpaired) electrons.